The molecule has 0 saturated carbocycles. The molecule has 0 aromatic heterocycles. The van der Waals surface area contributed by atoms with Gasteiger partial charge in [-0.05, 0) is 17.0 Å². The Labute approximate surface area is 178 Å². The van der Waals surface area contributed by atoms with Gasteiger partial charge in [0.05, 0.1) is 0 Å². The van der Waals surface area contributed by atoms with Crippen molar-refractivity contribution < 1.29 is 0 Å². The van der Waals surface area contributed by atoms with Crippen LogP contribution in [-0.2, 0) is 13.1 Å². The summed E-state index contributed by atoms with van der Waals surface area (Å²) in [7, 11) is -0.474. The smallest absolute Gasteiger partial charge is 0.121 e. The second kappa shape index (κ2) is 10.1. The van der Waals surface area contributed by atoms with Gasteiger partial charge in [0, 0.05) is 58.9 Å². The van der Waals surface area contributed by atoms with E-state index in [0.717, 1.165) is 26.2 Å². The lowest BCUT2D eigenvalue weighted by Crippen LogP contribution is -2.52. The maximum Gasteiger partial charge on any atom is 0.121 e. The normalized spacial score (nSPS) is 24.4. The molecule has 4 nitrogen and oxygen atoms in total. The molecular formula is C24H35N4P. The van der Waals surface area contributed by atoms with Crippen molar-refractivity contribution in [1.29, 1.82) is 0 Å². The Bertz CT molecular complexity index is 686. The molecule has 0 atom stereocenters. The van der Waals surface area contributed by atoms with Crippen LogP contribution in [0.5, 0.6) is 0 Å². The van der Waals surface area contributed by atoms with Crippen molar-refractivity contribution in [3.05, 3.63) is 71.8 Å². The predicted octanol–water partition coefficient (Wildman–Crippen LogP) is 4.50. The van der Waals surface area contributed by atoms with Crippen LogP contribution in [0.1, 0.15) is 25.0 Å². The van der Waals surface area contributed by atoms with Crippen LogP contribution in [0.4, 0.5) is 0 Å². The number of benzene rings is 2. The van der Waals surface area contributed by atoms with E-state index in [1.807, 2.05) is 0 Å². The quantitative estimate of drug-likeness (QED) is 0.650. The van der Waals surface area contributed by atoms with E-state index < -0.39 is 8.37 Å². The Kier molecular flexibility index (Phi) is 7.34. The van der Waals surface area contributed by atoms with Gasteiger partial charge in [0.1, 0.15) is 8.37 Å². The molecule has 3 fully saturated rings. The van der Waals surface area contributed by atoms with Crippen LogP contribution < -0.4 is 0 Å². The summed E-state index contributed by atoms with van der Waals surface area (Å²) in [5, 5.41) is 0. The molecule has 3 heterocycles. The number of hydrogen-bond acceptors (Lipinski definition) is 4. The first-order valence-electron chi connectivity index (χ1n) is 11.0. The molecule has 0 aliphatic carbocycles. The van der Waals surface area contributed by atoms with Crippen molar-refractivity contribution in [2.24, 2.45) is 5.92 Å². The van der Waals surface area contributed by atoms with E-state index in [1.54, 1.807) is 0 Å². The summed E-state index contributed by atoms with van der Waals surface area (Å²) < 4.78 is 8.36. The predicted molar refractivity (Wildman–Crippen MR) is 123 cm³/mol. The molecule has 29 heavy (non-hydrogen) atoms. The highest BCUT2D eigenvalue weighted by atomic mass is 31.2. The van der Waals surface area contributed by atoms with E-state index >= 15 is 0 Å². The van der Waals surface area contributed by atoms with Gasteiger partial charge in [0.2, 0.25) is 0 Å². The van der Waals surface area contributed by atoms with E-state index in [0.29, 0.717) is 5.92 Å². The van der Waals surface area contributed by atoms with E-state index in [1.165, 1.54) is 43.9 Å². The first-order valence-corrected chi connectivity index (χ1v) is 12.2. The van der Waals surface area contributed by atoms with Crippen molar-refractivity contribution in [3.63, 3.8) is 0 Å². The van der Waals surface area contributed by atoms with E-state index in [-0.39, 0.29) is 0 Å². The van der Waals surface area contributed by atoms with Crippen molar-refractivity contribution in [3.8, 4) is 0 Å². The second-order valence-electron chi connectivity index (χ2n) is 8.66. The van der Waals surface area contributed by atoms with Gasteiger partial charge in [-0.15, -0.1) is 0 Å². The first-order chi connectivity index (χ1) is 14.2. The topological polar surface area (TPSA) is 13.0 Å². The summed E-state index contributed by atoms with van der Waals surface area (Å²) in [6.07, 6.45) is 0. The van der Waals surface area contributed by atoms with Crippen molar-refractivity contribution in [2.75, 3.05) is 45.8 Å². The number of hydrogen-bond donors (Lipinski definition) is 0. The largest absolute Gasteiger partial charge is 0.299 e. The van der Waals surface area contributed by atoms with Crippen LogP contribution in [-0.4, -0.2) is 64.7 Å². The van der Waals surface area contributed by atoms with Gasteiger partial charge in [-0.3, -0.25) is 18.9 Å². The van der Waals surface area contributed by atoms with E-state index in [2.05, 4.69) is 93.4 Å². The Morgan fingerprint density at radius 3 is 1.55 bits per heavy atom. The Morgan fingerprint density at radius 2 is 1.10 bits per heavy atom. The average molecular weight is 411 g/mol. The molecule has 0 radical (unpaired) electrons. The third-order valence-electron chi connectivity index (χ3n) is 5.77. The average Bonchev–Trinajstić information content (AvgIpc) is 2.70. The van der Waals surface area contributed by atoms with Crippen molar-refractivity contribution in [2.45, 2.75) is 26.9 Å². The van der Waals surface area contributed by atoms with E-state index in [4.69, 9.17) is 0 Å². The highest BCUT2D eigenvalue weighted by Crippen LogP contribution is 2.51. The maximum atomic E-state index is 2.80. The minimum absolute atomic E-state index is 0.474. The second-order valence-corrected chi connectivity index (χ2v) is 10.9. The number of fused-ring (bicyclic) bond motifs is 6. The molecule has 2 bridgehead atoms. The highest BCUT2D eigenvalue weighted by Gasteiger charge is 2.36. The van der Waals surface area contributed by atoms with Crippen molar-refractivity contribution in [1.82, 2.24) is 18.9 Å². The van der Waals surface area contributed by atoms with Gasteiger partial charge < -0.3 is 0 Å². The zero-order chi connectivity index (χ0) is 20.1. The SMILES string of the molecule is CC(C)CN1CCN2CCN(Cc3ccccc3)P1N(Cc1ccccc1)CC2. The summed E-state index contributed by atoms with van der Waals surface area (Å²) >= 11 is 0. The molecule has 0 unspecified atom stereocenters. The summed E-state index contributed by atoms with van der Waals surface area (Å²) in [4.78, 5) is 2.68. The molecule has 2 aromatic rings. The summed E-state index contributed by atoms with van der Waals surface area (Å²) in [5.74, 6) is 0.685. The Morgan fingerprint density at radius 1 is 0.655 bits per heavy atom. The lowest BCUT2D eigenvalue weighted by molar-refractivity contribution is 0.157. The molecule has 3 aliphatic heterocycles. The van der Waals surface area contributed by atoms with Crippen LogP contribution in [0, 0.1) is 5.92 Å². The third-order valence-corrected chi connectivity index (χ3v) is 8.34. The molecular weight excluding hydrogens is 375 g/mol. The maximum absolute atomic E-state index is 2.80. The molecule has 0 amide bonds. The molecule has 3 aliphatic rings. The van der Waals surface area contributed by atoms with Crippen LogP contribution in [0.3, 0.4) is 0 Å². The molecule has 0 N–H and O–H groups in total. The standard InChI is InChI=1S/C24H35N4P/c1-22(2)19-26-16-13-25-14-17-27(20-23-9-5-3-6-10-23)29(26)28(18-15-25)21-24-11-7-4-8-12-24/h3-12,22H,13-21H2,1-2H3. The number of nitrogens with zero attached hydrogens (tertiary/aromatic N) is 4. The summed E-state index contributed by atoms with van der Waals surface area (Å²) in [5.41, 5.74) is 2.86. The monoisotopic (exact) mass is 410 g/mol. The lowest BCUT2D eigenvalue weighted by Gasteiger charge is -2.51. The zero-order valence-corrected chi connectivity index (χ0v) is 18.8. The fraction of sp³-hybridized carbons (Fsp3) is 0.500. The fourth-order valence-electron chi connectivity index (χ4n) is 4.37. The highest BCUT2D eigenvalue weighted by molar-refractivity contribution is 7.50. The van der Waals surface area contributed by atoms with E-state index in [9.17, 15) is 0 Å². The van der Waals surface area contributed by atoms with Crippen LogP contribution in [0.15, 0.2) is 60.7 Å². The minimum Gasteiger partial charge on any atom is -0.299 e. The zero-order valence-electron chi connectivity index (χ0n) is 18.0. The van der Waals surface area contributed by atoms with Crippen LogP contribution in [0.25, 0.3) is 0 Å². The third kappa shape index (κ3) is 5.65. The number of rotatable bonds is 6. The fourth-order valence-corrected chi connectivity index (χ4v) is 7.30. The molecule has 5 heteroatoms. The van der Waals surface area contributed by atoms with Gasteiger partial charge >= 0.3 is 0 Å². The van der Waals surface area contributed by atoms with Gasteiger partial charge in [-0.2, -0.15) is 0 Å². The molecule has 2 aromatic carbocycles. The molecule has 156 valence electrons. The Hall–Kier alpha value is -1.29. The molecule has 5 rings (SSSR count). The Balaban J connectivity index is 1.64. The summed E-state index contributed by atoms with van der Waals surface area (Å²) in [6, 6.07) is 22.1. The minimum atomic E-state index is -0.474. The van der Waals surface area contributed by atoms with Crippen molar-refractivity contribution >= 4 is 8.37 Å². The molecule has 0 spiro atoms. The van der Waals surface area contributed by atoms with Crippen LogP contribution in [0.2, 0.25) is 0 Å². The van der Waals surface area contributed by atoms with Gasteiger partial charge in [0.25, 0.3) is 0 Å². The lowest BCUT2D eigenvalue weighted by atomic mass is 10.2. The summed E-state index contributed by atoms with van der Waals surface area (Å²) in [6.45, 7) is 15.1. The van der Waals surface area contributed by atoms with Crippen LogP contribution >= 0.6 is 8.37 Å². The molecule has 3 saturated heterocycles. The van der Waals surface area contributed by atoms with Gasteiger partial charge in [-0.1, -0.05) is 74.5 Å². The first kappa shape index (κ1) is 21.0. The van der Waals surface area contributed by atoms with Gasteiger partial charge in [0.15, 0.2) is 0 Å². The van der Waals surface area contributed by atoms with Gasteiger partial charge in [-0.25, -0.2) is 0 Å².